The fourth-order valence-corrected chi connectivity index (χ4v) is 2.55. The molecule has 1 aromatic carbocycles. The lowest BCUT2D eigenvalue weighted by Crippen LogP contribution is -2.37. The molecule has 0 amide bonds. The van der Waals surface area contributed by atoms with Crippen LogP contribution < -0.4 is 15.4 Å². The third kappa shape index (κ3) is 12.8. The maximum atomic E-state index is 12.4. The standard InChI is InChI=1S/C19H32F2N4O.HI/c1-22-19(23-13-9-5-4-6-10-14-25(2)3)24-15-16-11-7-8-12-17(16)26-18(20)21;/h7-8,11-12,18H,4-6,9-10,13-15H2,1-3H3,(H2,22,23,24);1H. The number of ether oxygens (including phenoxy) is 1. The third-order valence-corrected chi connectivity index (χ3v) is 3.93. The fraction of sp³-hybridized carbons (Fsp3) is 0.632. The molecule has 0 aliphatic carbocycles. The van der Waals surface area contributed by atoms with Crippen LogP contribution in [0.4, 0.5) is 8.78 Å². The lowest BCUT2D eigenvalue weighted by Gasteiger charge is -2.14. The van der Waals surface area contributed by atoms with Gasteiger partial charge >= 0.3 is 6.61 Å². The fourth-order valence-electron chi connectivity index (χ4n) is 2.55. The van der Waals surface area contributed by atoms with Crippen molar-refractivity contribution in [2.75, 3.05) is 34.2 Å². The van der Waals surface area contributed by atoms with Gasteiger partial charge in [0.15, 0.2) is 5.96 Å². The van der Waals surface area contributed by atoms with E-state index < -0.39 is 6.61 Å². The first-order chi connectivity index (χ1) is 12.5. The molecule has 27 heavy (non-hydrogen) atoms. The minimum atomic E-state index is -2.83. The summed E-state index contributed by atoms with van der Waals surface area (Å²) >= 11 is 0. The molecule has 0 fully saturated rings. The molecular formula is C19H33F2IN4O. The van der Waals surface area contributed by atoms with Crippen molar-refractivity contribution in [2.24, 2.45) is 4.99 Å². The van der Waals surface area contributed by atoms with E-state index in [1.54, 1.807) is 25.2 Å². The van der Waals surface area contributed by atoms with Crippen LogP contribution in [-0.2, 0) is 6.54 Å². The number of rotatable bonds is 12. The van der Waals surface area contributed by atoms with Crippen LogP contribution in [0.2, 0.25) is 0 Å². The Hall–Kier alpha value is -1.16. The number of alkyl halides is 2. The molecule has 1 rings (SSSR count). The molecule has 8 heteroatoms. The largest absolute Gasteiger partial charge is 0.434 e. The van der Waals surface area contributed by atoms with Crippen LogP contribution in [0.15, 0.2) is 29.3 Å². The van der Waals surface area contributed by atoms with Crippen molar-refractivity contribution in [1.82, 2.24) is 15.5 Å². The Kier molecular flexibility index (Phi) is 15.2. The predicted molar refractivity (Wildman–Crippen MR) is 118 cm³/mol. The molecule has 0 saturated heterocycles. The van der Waals surface area contributed by atoms with Gasteiger partial charge in [-0.05, 0) is 39.5 Å². The lowest BCUT2D eigenvalue weighted by atomic mass is 10.1. The zero-order valence-corrected chi connectivity index (χ0v) is 18.8. The van der Waals surface area contributed by atoms with Crippen molar-refractivity contribution < 1.29 is 13.5 Å². The number of benzene rings is 1. The minimum absolute atomic E-state index is 0. The molecule has 5 nitrogen and oxygen atoms in total. The molecule has 0 heterocycles. The topological polar surface area (TPSA) is 48.9 Å². The maximum Gasteiger partial charge on any atom is 0.387 e. The molecule has 0 aromatic heterocycles. The first-order valence-corrected chi connectivity index (χ1v) is 9.15. The van der Waals surface area contributed by atoms with Gasteiger partial charge in [-0.15, -0.1) is 24.0 Å². The molecule has 0 atom stereocenters. The second kappa shape index (κ2) is 15.9. The summed E-state index contributed by atoms with van der Waals surface area (Å²) in [6, 6.07) is 6.76. The van der Waals surface area contributed by atoms with Gasteiger partial charge < -0.3 is 20.3 Å². The van der Waals surface area contributed by atoms with Crippen LogP contribution in [0.25, 0.3) is 0 Å². The Morgan fingerprint density at radius 3 is 2.41 bits per heavy atom. The summed E-state index contributed by atoms with van der Waals surface area (Å²) in [6.45, 7) is -0.479. The highest BCUT2D eigenvalue weighted by Gasteiger charge is 2.09. The summed E-state index contributed by atoms with van der Waals surface area (Å²) < 4.78 is 29.4. The molecule has 0 spiro atoms. The number of guanidine groups is 1. The predicted octanol–water partition coefficient (Wildman–Crippen LogP) is 4.08. The van der Waals surface area contributed by atoms with E-state index in [1.807, 2.05) is 0 Å². The van der Waals surface area contributed by atoms with E-state index in [1.165, 1.54) is 31.7 Å². The molecule has 0 saturated carbocycles. The van der Waals surface area contributed by atoms with Crippen molar-refractivity contribution >= 4 is 29.9 Å². The van der Waals surface area contributed by atoms with Gasteiger partial charge in [0.25, 0.3) is 0 Å². The molecule has 1 aromatic rings. The summed E-state index contributed by atoms with van der Waals surface area (Å²) in [5, 5.41) is 6.38. The van der Waals surface area contributed by atoms with Gasteiger partial charge in [-0.25, -0.2) is 0 Å². The van der Waals surface area contributed by atoms with Gasteiger partial charge in [0.1, 0.15) is 5.75 Å². The lowest BCUT2D eigenvalue weighted by molar-refractivity contribution is -0.0504. The zero-order valence-electron chi connectivity index (χ0n) is 16.5. The van der Waals surface area contributed by atoms with E-state index in [9.17, 15) is 8.78 Å². The van der Waals surface area contributed by atoms with Crippen LogP contribution >= 0.6 is 24.0 Å². The molecule has 0 radical (unpaired) electrons. The molecule has 0 aliphatic heterocycles. The molecule has 0 unspecified atom stereocenters. The van der Waals surface area contributed by atoms with Crippen molar-refractivity contribution in [3.8, 4) is 5.75 Å². The number of para-hydroxylation sites is 1. The second-order valence-electron chi connectivity index (χ2n) is 6.41. The normalized spacial score (nSPS) is 11.4. The van der Waals surface area contributed by atoms with Crippen LogP contribution in [0.5, 0.6) is 5.75 Å². The highest BCUT2D eigenvalue weighted by molar-refractivity contribution is 14.0. The van der Waals surface area contributed by atoms with Gasteiger partial charge in [0.2, 0.25) is 0 Å². The summed E-state index contributed by atoms with van der Waals surface area (Å²) in [4.78, 5) is 6.37. The maximum absolute atomic E-state index is 12.4. The number of hydrogen-bond donors (Lipinski definition) is 2. The zero-order chi connectivity index (χ0) is 19.2. The van der Waals surface area contributed by atoms with Gasteiger partial charge in [0, 0.05) is 25.7 Å². The smallest absolute Gasteiger partial charge is 0.387 e. The van der Waals surface area contributed by atoms with Crippen LogP contribution in [0, 0.1) is 0 Å². The number of halogens is 3. The van der Waals surface area contributed by atoms with Gasteiger partial charge in [-0.2, -0.15) is 8.78 Å². The Labute approximate surface area is 179 Å². The van der Waals surface area contributed by atoms with Gasteiger partial charge in [-0.1, -0.05) is 37.5 Å². The summed E-state index contributed by atoms with van der Waals surface area (Å²) in [7, 11) is 5.89. The Morgan fingerprint density at radius 2 is 1.74 bits per heavy atom. The number of unbranched alkanes of at least 4 members (excludes halogenated alkanes) is 4. The monoisotopic (exact) mass is 498 g/mol. The van der Waals surface area contributed by atoms with Crippen molar-refractivity contribution in [1.29, 1.82) is 0 Å². The SMILES string of the molecule is CN=C(NCCCCCCCN(C)C)NCc1ccccc1OC(F)F.I. The third-order valence-electron chi connectivity index (χ3n) is 3.93. The first kappa shape index (κ1) is 25.8. The van der Waals surface area contributed by atoms with Crippen LogP contribution in [0.1, 0.15) is 37.7 Å². The summed E-state index contributed by atoms with van der Waals surface area (Å²) in [5.41, 5.74) is 0.664. The molecule has 0 aliphatic rings. The average Bonchev–Trinajstić information content (AvgIpc) is 2.60. The average molecular weight is 498 g/mol. The highest BCUT2D eigenvalue weighted by atomic mass is 127. The number of hydrogen-bond acceptors (Lipinski definition) is 3. The van der Waals surface area contributed by atoms with Gasteiger partial charge in [-0.3, -0.25) is 4.99 Å². The van der Waals surface area contributed by atoms with E-state index >= 15 is 0 Å². The quantitative estimate of drug-likeness (QED) is 0.197. The minimum Gasteiger partial charge on any atom is -0.434 e. The van der Waals surface area contributed by atoms with E-state index in [0.29, 0.717) is 18.1 Å². The summed E-state index contributed by atoms with van der Waals surface area (Å²) in [5.74, 6) is 0.840. The summed E-state index contributed by atoms with van der Waals surface area (Å²) in [6.07, 6.45) is 5.99. The number of nitrogens with one attached hydrogen (secondary N) is 2. The van der Waals surface area contributed by atoms with Crippen molar-refractivity contribution in [3.05, 3.63) is 29.8 Å². The van der Waals surface area contributed by atoms with Crippen molar-refractivity contribution in [3.63, 3.8) is 0 Å². The molecule has 2 N–H and O–H groups in total. The molecular weight excluding hydrogens is 465 g/mol. The van der Waals surface area contributed by atoms with Crippen molar-refractivity contribution in [2.45, 2.75) is 45.3 Å². The highest BCUT2D eigenvalue weighted by Crippen LogP contribution is 2.19. The van der Waals surface area contributed by atoms with Crippen LogP contribution in [-0.4, -0.2) is 51.7 Å². The van der Waals surface area contributed by atoms with Gasteiger partial charge in [0.05, 0.1) is 0 Å². The van der Waals surface area contributed by atoms with E-state index in [4.69, 9.17) is 0 Å². The first-order valence-electron chi connectivity index (χ1n) is 9.15. The van der Waals surface area contributed by atoms with E-state index in [0.717, 1.165) is 19.5 Å². The Bertz CT molecular complexity index is 530. The number of aliphatic imine (C=N–C) groups is 1. The number of nitrogens with zero attached hydrogens (tertiary/aromatic N) is 2. The second-order valence-corrected chi connectivity index (χ2v) is 6.41. The molecule has 0 bridgehead atoms. The molecule has 156 valence electrons. The van der Waals surface area contributed by atoms with Crippen LogP contribution in [0.3, 0.4) is 0 Å². The Morgan fingerprint density at radius 1 is 1.07 bits per heavy atom. The van der Waals surface area contributed by atoms with E-state index in [-0.39, 0.29) is 29.7 Å². The Balaban J connectivity index is 0.00000676. The van der Waals surface area contributed by atoms with E-state index in [2.05, 4.69) is 39.4 Å².